The largest absolute Gasteiger partial charge is 0.370 e. The average Bonchev–Trinajstić information content (AvgIpc) is 2.37. The smallest absolute Gasteiger partial charge is 0.0966 e. The van der Waals surface area contributed by atoms with E-state index in [1.165, 1.54) is 25.1 Å². The Morgan fingerprint density at radius 3 is 2.91 bits per heavy atom. The molecule has 1 N–H and O–H groups in total. The van der Waals surface area contributed by atoms with Crippen LogP contribution in [0.4, 0.5) is 0 Å². The maximum atomic E-state index is 4.39. The Kier molecular flexibility index (Phi) is 3.40. The van der Waals surface area contributed by atoms with E-state index in [0.717, 1.165) is 13.0 Å². The second kappa shape index (κ2) is 4.37. The van der Waals surface area contributed by atoms with Gasteiger partial charge in [0.05, 0.1) is 12.4 Å². The van der Waals surface area contributed by atoms with Crippen LogP contribution in [-0.2, 0) is 0 Å². The number of amidine groups is 1. The first-order chi connectivity index (χ1) is 5.33. The molecule has 0 aromatic carbocycles. The molecule has 0 saturated heterocycles. The van der Waals surface area contributed by atoms with Gasteiger partial charge >= 0.3 is 0 Å². The highest BCUT2D eigenvalue weighted by Gasteiger charge is 2.10. The Morgan fingerprint density at radius 2 is 2.36 bits per heavy atom. The van der Waals surface area contributed by atoms with Gasteiger partial charge in [0.2, 0.25) is 0 Å². The van der Waals surface area contributed by atoms with Crippen LogP contribution in [0.15, 0.2) is 4.99 Å². The third-order valence-electron chi connectivity index (χ3n) is 1.99. The molecule has 1 aliphatic rings. The van der Waals surface area contributed by atoms with Crippen LogP contribution in [0.1, 0.15) is 39.5 Å². The predicted octanol–water partition coefficient (Wildman–Crippen LogP) is 1.96. The van der Waals surface area contributed by atoms with Gasteiger partial charge in [-0.2, -0.15) is 0 Å². The van der Waals surface area contributed by atoms with Crippen LogP contribution in [-0.4, -0.2) is 18.4 Å². The summed E-state index contributed by atoms with van der Waals surface area (Å²) in [6, 6.07) is 0.576. The van der Waals surface area contributed by atoms with E-state index in [9.17, 15) is 0 Å². The van der Waals surface area contributed by atoms with Crippen LogP contribution in [0, 0.1) is 0 Å². The first-order valence-corrected chi connectivity index (χ1v) is 4.62. The maximum Gasteiger partial charge on any atom is 0.0966 e. The summed E-state index contributed by atoms with van der Waals surface area (Å²) in [6.07, 6.45) is 5.06. The van der Waals surface area contributed by atoms with Crippen molar-refractivity contribution in [3.05, 3.63) is 0 Å². The Bertz CT molecular complexity index is 140. The number of unbranched alkanes of at least 4 members (excludes halogenated alkanes) is 2. The predicted molar refractivity (Wildman–Crippen MR) is 49.0 cm³/mol. The molecule has 0 fully saturated rings. The van der Waals surface area contributed by atoms with Crippen LogP contribution in [0.3, 0.4) is 0 Å². The summed E-state index contributed by atoms with van der Waals surface area (Å²) < 4.78 is 0. The van der Waals surface area contributed by atoms with Crippen molar-refractivity contribution in [3.63, 3.8) is 0 Å². The second-order valence-corrected chi connectivity index (χ2v) is 3.29. The van der Waals surface area contributed by atoms with Crippen molar-refractivity contribution < 1.29 is 0 Å². The Labute approximate surface area is 69.1 Å². The number of hydrogen-bond acceptors (Lipinski definition) is 2. The van der Waals surface area contributed by atoms with Gasteiger partial charge in [-0.15, -0.1) is 0 Å². The number of hydrogen-bond donors (Lipinski definition) is 1. The maximum absolute atomic E-state index is 4.39. The van der Waals surface area contributed by atoms with E-state index in [4.69, 9.17) is 0 Å². The quantitative estimate of drug-likeness (QED) is 0.615. The van der Waals surface area contributed by atoms with Gasteiger partial charge in [-0.25, -0.2) is 0 Å². The number of rotatable bonds is 4. The summed E-state index contributed by atoms with van der Waals surface area (Å²) in [5.74, 6) is 1.23. The molecule has 0 aliphatic carbocycles. The van der Waals surface area contributed by atoms with E-state index in [1.54, 1.807) is 0 Å². The highest BCUT2D eigenvalue weighted by Crippen LogP contribution is 2.04. The first-order valence-electron chi connectivity index (χ1n) is 4.62. The van der Waals surface area contributed by atoms with Gasteiger partial charge in [0.1, 0.15) is 0 Å². The molecule has 0 aromatic heterocycles. The van der Waals surface area contributed by atoms with Crippen molar-refractivity contribution in [1.29, 1.82) is 0 Å². The van der Waals surface area contributed by atoms with Crippen LogP contribution in [0.2, 0.25) is 0 Å². The van der Waals surface area contributed by atoms with E-state index in [1.807, 2.05) is 0 Å². The molecular formula is C9H18N2. The van der Waals surface area contributed by atoms with Gasteiger partial charge in [0.25, 0.3) is 0 Å². The van der Waals surface area contributed by atoms with Gasteiger partial charge in [0.15, 0.2) is 0 Å². The SMILES string of the molecule is CCCCCC1=NC[C@@H](C)N1. The zero-order chi connectivity index (χ0) is 8.10. The van der Waals surface area contributed by atoms with E-state index >= 15 is 0 Å². The van der Waals surface area contributed by atoms with Crippen LogP contribution in [0.5, 0.6) is 0 Å². The minimum atomic E-state index is 0.576. The third kappa shape index (κ3) is 2.91. The van der Waals surface area contributed by atoms with Gasteiger partial charge < -0.3 is 5.32 Å². The molecule has 0 aromatic rings. The fraction of sp³-hybridized carbons (Fsp3) is 0.889. The fourth-order valence-electron chi connectivity index (χ4n) is 1.32. The third-order valence-corrected chi connectivity index (χ3v) is 1.99. The van der Waals surface area contributed by atoms with E-state index in [2.05, 4.69) is 24.2 Å². The number of nitrogens with zero attached hydrogens (tertiary/aromatic N) is 1. The molecular weight excluding hydrogens is 136 g/mol. The average molecular weight is 154 g/mol. The summed E-state index contributed by atoms with van der Waals surface area (Å²) in [5.41, 5.74) is 0. The number of aliphatic imine (C=N–C) groups is 1. The minimum Gasteiger partial charge on any atom is -0.370 e. The molecule has 0 unspecified atom stereocenters. The molecule has 0 bridgehead atoms. The molecule has 1 heterocycles. The van der Waals surface area contributed by atoms with E-state index < -0.39 is 0 Å². The first kappa shape index (κ1) is 8.57. The highest BCUT2D eigenvalue weighted by atomic mass is 15.1. The standard InChI is InChI=1S/C9H18N2/c1-3-4-5-6-9-10-7-8(2)11-9/h8H,3-7H2,1-2H3,(H,10,11)/t8-/m1/s1. The monoisotopic (exact) mass is 154 g/mol. The zero-order valence-electron chi connectivity index (χ0n) is 7.56. The Hall–Kier alpha value is -0.530. The molecule has 1 rings (SSSR count). The molecule has 0 amide bonds. The summed E-state index contributed by atoms with van der Waals surface area (Å²) >= 11 is 0. The van der Waals surface area contributed by atoms with E-state index in [-0.39, 0.29) is 0 Å². The second-order valence-electron chi connectivity index (χ2n) is 3.29. The van der Waals surface area contributed by atoms with Crippen molar-refractivity contribution in [3.8, 4) is 0 Å². The lowest BCUT2D eigenvalue weighted by atomic mass is 10.2. The lowest BCUT2D eigenvalue weighted by Crippen LogP contribution is -2.26. The minimum absolute atomic E-state index is 0.576. The normalized spacial score (nSPS) is 23.1. The van der Waals surface area contributed by atoms with Crippen molar-refractivity contribution in [2.24, 2.45) is 4.99 Å². The summed E-state index contributed by atoms with van der Waals surface area (Å²) in [6.45, 7) is 5.38. The Balaban J connectivity index is 2.08. The molecule has 2 nitrogen and oxygen atoms in total. The highest BCUT2D eigenvalue weighted by molar-refractivity contribution is 5.83. The molecule has 11 heavy (non-hydrogen) atoms. The zero-order valence-corrected chi connectivity index (χ0v) is 7.56. The van der Waals surface area contributed by atoms with Gasteiger partial charge in [-0.3, -0.25) is 4.99 Å². The molecule has 0 spiro atoms. The van der Waals surface area contributed by atoms with Gasteiger partial charge in [0, 0.05) is 12.5 Å². The molecule has 1 aliphatic heterocycles. The Morgan fingerprint density at radius 1 is 1.55 bits per heavy atom. The molecule has 0 radical (unpaired) electrons. The van der Waals surface area contributed by atoms with Gasteiger partial charge in [-0.1, -0.05) is 19.8 Å². The lowest BCUT2D eigenvalue weighted by Gasteiger charge is -2.04. The summed E-state index contributed by atoms with van der Waals surface area (Å²) in [5, 5.41) is 3.36. The van der Waals surface area contributed by atoms with Crippen LogP contribution < -0.4 is 5.32 Å². The van der Waals surface area contributed by atoms with Crippen LogP contribution in [0.25, 0.3) is 0 Å². The van der Waals surface area contributed by atoms with Crippen molar-refractivity contribution in [2.75, 3.05) is 6.54 Å². The van der Waals surface area contributed by atoms with Crippen molar-refractivity contribution in [1.82, 2.24) is 5.32 Å². The van der Waals surface area contributed by atoms with E-state index in [0.29, 0.717) is 6.04 Å². The lowest BCUT2D eigenvalue weighted by molar-refractivity contribution is 0.703. The fourth-order valence-corrected chi connectivity index (χ4v) is 1.32. The van der Waals surface area contributed by atoms with Crippen molar-refractivity contribution >= 4 is 5.84 Å². The molecule has 0 saturated carbocycles. The van der Waals surface area contributed by atoms with Crippen molar-refractivity contribution in [2.45, 2.75) is 45.6 Å². The molecule has 1 atom stereocenters. The topological polar surface area (TPSA) is 24.4 Å². The summed E-state index contributed by atoms with van der Waals surface area (Å²) in [7, 11) is 0. The van der Waals surface area contributed by atoms with Crippen LogP contribution >= 0.6 is 0 Å². The molecule has 2 heteroatoms. The number of nitrogens with one attached hydrogen (secondary N) is 1. The summed E-state index contributed by atoms with van der Waals surface area (Å²) in [4.78, 5) is 4.39. The molecule has 64 valence electrons. The van der Waals surface area contributed by atoms with Gasteiger partial charge in [-0.05, 0) is 13.3 Å².